The molecule has 6 heteroatoms. The van der Waals surface area contributed by atoms with Crippen molar-refractivity contribution in [2.24, 2.45) is 5.73 Å². The largest absolute Gasteiger partial charge is 0.366 e. The first kappa shape index (κ1) is 12.3. The highest BCUT2D eigenvalue weighted by Crippen LogP contribution is 2.07. The predicted octanol–water partition coefficient (Wildman–Crippen LogP) is 0.167. The molecule has 0 saturated carbocycles. The fourth-order valence-electron chi connectivity index (χ4n) is 1.68. The zero-order chi connectivity index (χ0) is 12.8. The van der Waals surface area contributed by atoms with Crippen LogP contribution in [0.5, 0.6) is 0 Å². The molecule has 0 aliphatic rings. The molecule has 0 saturated heterocycles. The van der Waals surface area contributed by atoms with Crippen LogP contribution in [0.4, 0.5) is 0 Å². The molecular weight excluding hydrogens is 230 g/mol. The summed E-state index contributed by atoms with van der Waals surface area (Å²) in [4.78, 5) is 11.2. The Hall–Kier alpha value is -2.21. The van der Waals surface area contributed by atoms with Gasteiger partial charge < -0.3 is 11.1 Å². The fraction of sp³-hybridized carbons (Fsp3) is 0.250. The Morgan fingerprint density at radius 1 is 1.39 bits per heavy atom. The molecule has 0 aliphatic heterocycles. The van der Waals surface area contributed by atoms with Gasteiger partial charge in [-0.25, -0.2) is 0 Å². The van der Waals surface area contributed by atoms with Gasteiger partial charge in [0.05, 0.1) is 12.7 Å². The van der Waals surface area contributed by atoms with E-state index in [9.17, 15) is 4.79 Å². The van der Waals surface area contributed by atoms with Crippen LogP contribution in [0.15, 0.2) is 36.7 Å². The Kier molecular flexibility index (Phi) is 4.03. The summed E-state index contributed by atoms with van der Waals surface area (Å²) < 4.78 is 1.74. The Balaban J connectivity index is 1.85. The van der Waals surface area contributed by atoms with Crippen LogP contribution in [0.3, 0.4) is 0 Å². The highest BCUT2D eigenvalue weighted by molar-refractivity contribution is 5.94. The van der Waals surface area contributed by atoms with E-state index in [2.05, 4.69) is 15.6 Å². The molecule has 1 aromatic carbocycles. The number of aromatic nitrogens is 3. The lowest BCUT2D eigenvalue weighted by Gasteiger charge is -2.08. The number of primary amides is 1. The van der Waals surface area contributed by atoms with Gasteiger partial charge in [0.15, 0.2) is 0 Å². The van der Waals surface area contributed by atoms with Crippen molar-refractivity contribution >= 4 is 5.91 Å². The van der Waals surface area contributed by atoms with E-state index in [4.69, 9.17) is 5.73 Å². The van der Waals surface area contributed by atoms with Crippen LogP contribution >= 0.6 is 0 Å². The number of benzene rings is 1. The number of carbonyl (C=O) groups is 1. The summed E-state index contributed by atoms with van der Waals surface area (Å²) >= 11 is 0. The number of nitrogens with two attached hydrogens (primary N) is 1. The molecule has 0 bridgehead atoms. The van der Waals surface area contributed by atoms with Gasteiger partial charge in [0.2, 0.25) is 5.91 Å². The van der Waals surface area contributed by atoms with Gasteiger partial charge in [-0.3, -0.25) is 9.48 Å². The molecule has 0 radical (unpaired) electrons. The number of nitrogens with zero attached hydrogens (tertiary/aromatic N) is 3. The second kappa shape index (κ2) is 5.92. The van der Waals surface area contributed by atoms with E-state index in [-0.39, 0.29) is 0 Å². The van der Waals surface area contributed by atoms with Crippen molar-refractivity contribution in [1.82, 2.24) is 20.3 Å². The average molecular weight is 245 g/mol. The first-order valence-corrected chi connectivity index (χ1v) is 5.70. The number of hydrogen-bond donors (Lipinski definition) is 2. The highest BCUT2D eigenvalue weighted by Gasteiger charge is 2.05. The molecule has 2 rings (SSSR count). The van der Waals surface area contributed by atoms with E-state index >= 15 is 0 Å². The van der Waals surface area contributed by atoms with Crippen LogP contribution in [0.2, 0.25) is 0 Å². The van der Waals surface area contributed by atoms with E-state index < -0.39 is 5.91 Å². The van der Waals surface area contributed by atoms with Crippen LogP contribution in [-0.2, 0) is 13.1 Å². The van der Waals surface area contributed by atoms with Crippen molar-refractivity contribution in [3.05, 3.63) is 47.8 Å². The maximum atomic E-state index is 11.2. The maximum absolute atomic E-state index is 11.2. The summed E-state index contributed by atoms with van der Waals surface area (Å²) in [7, 11) is 0. The summed E-state index contributed by atoms with van der Waals surface area (Å²) in [5.74, 6) is -0.399. The summed E-state index contributed by atoms with van der Waals surface area (Å²) in [6, 6.07) is 7.32. The molecule has 2 aromatic rings. The zero-order valence-electron chi connectivity index (χ0n) is 9.91. The monoisotopic (exact) mass is 245 g/mol. The van der Waals surface area contributed by atoms with Crippen molar-refractivity contribution in [1.29, 1.82) is 0 Å². The average Bonchev–Trinajstić information content (AvgIpc) is 2.88. The molecule has 0 fully saturated rings. The van der Waals surface area contributed by atoms with Gasteiger partial charge in [-0.15, -0.1) is 5.10 Å². The standard InChI is InChI=1S/C12H15N5O/c13-12(18)11-4-2-1-3-10(11)9-14-5-7-17-8-6-15-16-17/h1-4,6,8,14H,5,7,9H2,(H2,13,18). The lowest BCUT2D eigenvalue weighted by atomic mass is 10.1. The minimum absolute atomic E-state index is 0.399. The number of nitrogens with one attached hydrogen (secondary N) is 1. The fourth-order valence-corrected chi connectivity index (χ4v) is 1.68. The van der Waals surface area contributed by atoms with E-state index in [1.54, 1.807) is 29.2 Å². The van der Waals surface area contributed by atoms with Gasteiger partial charge in [-0.1, -0.05) is 23.4 Å². The molecule has 94 valence electrons. The lowest BCUT2D eigenvalue weighted by molar-refractivity contribution is 0.0999. The van der Waals surface area contributed by atoms with Crippen LogP contribution in [0.1, 0.15) is 15.9 Å². The highest BCUT2D eigenvalue weighted by atomic mass is 16.1. The molecular formula is C12H15N5O. The second-order valence-electron chi connectivity index (χ2n) is 3.86. The van der Waals surface area contributed by atoms with Crippen molar-refractivity contribution in [2.45, 2.75) is 13.1 Å². The Labute approximate surface area is 105 Å². The summed E-state index contributed by atoms with van der Waals surface area (Å²) in [5.41, 5.74) is 6.77. The van der Waals surface area contributed by atoms with E-state index in [0.717, 1.165) is 18.7 Å². The van der Waals surface area contributed by atoms with Crippen molar-refractivity contribution < 1.29 is 4.79 Å². The topological polar surface area (TPSA) is 85.8 Å². The first-order valence-electron chi connectivity index (χ1n) is 5.70. The SMILES string of the molecule is NC(=O)c1ccccc1CNCCn1ccnn1. The summed E-state index contributed by atoms with van der Waals surface area (Å²) in [6.45, 7) is 2.09. The third-order valence-corrected chi connectivity index (χ3v) is 2.59. The van der Waals surface area contributed by atoms with Crippen LogP contribution < -0.4 is 11.1 Å². The normalized spacial score (nSPS) is 10.4. The minimum Gasteiger partial charge on any atom is -0.366 e. The van der Waals surface area contributed by atoms with E-state index in [1.807, 2.05) is 12.1 Å². The van der Waals surface area contributed by atoms with Crippen molar-refractivity contribution in [3.63, 3.8) is 0 Å². The predicted molar refractivity (Wildman–Crippen MR) is 66.7 cm³/mol. The van der Waals surface area contributed by atoms with Gasteiger partial charge in [-0.05, 0) is 11.6 Å². The second-order valence-corrected chi connectivity index (χ2v) is 3.86. The molecule has 0 aliphatic carbocycles. The molecule has 1 heterocycles. The first-order chi connectivity index (χ1) is 8.77. The Morgan fingerprint density at radius 3 is 2.94 bits per heavy atom. The molecule has 18 heavy (non-hydrogen) atoms. The third-order valence-electron chi connectivity index (χ3n) is 2.59. The third kappa shape index (κ3) is 3.14. The molecule has 1 aromatic heterocycles. The quantitative estimate of drug-likeness (QED) is 0.710. The number of hydrogen-bond acceptors (Lipinski definition) is 4. The van der Waals surface area contributed by atoms with E-state index in [1.165, 1.54) is 0 Å². The molecule has 1 amide bonds. The van der Waals surface area contributed by atoms with Crippen molar-refractivity contribution in [3.8, 4) is 0 Å². The molecule has 0 unspecified atom stereocenters. The summed E-state index contributed by atoms with van der Waals surface area (Å²) in [5, 5.41) is 10.8. The van der Waals surface area contributed by atoms with Gasteiger partial charge in [0, 0.05) is 24.8 Å². The zero-order valence-corrected chi connectivity index (χ0v) is 9.91. The van der Waals surface area contributed by atoms with Gasteiger partial charge in [-0.2, -0.15) is 0 Å². The number of amides is 1. The minimum atomic E-state index is -0.399. The molecule has 3 N–H and O–H groups in total. The summed E-state index contributed by atoms with van der Waals surface area (Å²) in [6.07, 6.45) is 3.45. The van der Waals surface area contributed by atoms with Gasteiger partial charge in [0.1, 0.15) is 0 Å². The van der Waals surface area contributed by atoms with Crippen molar-refractivity contribution in [2.75, 3.05) is 6.54 Å². The molecule has 6 nitrogen and oxygen atoms in total. The molecule has 0 spiro atoms. The Morgan fingerprint density at radius 2 is 2.22 bits per heavy atom. The van der Waals surface area contributed by atoms with Crippen LogP contribution in [0, 0.1) is 0 Å². The van der Waals surface area contributed by atoms with Crippen LogP contribution in [0.25, 0.3) is 0 Å². The molecule has 0 atom stereocenters. The lowest BCUT2D eigenvalue weighted by Crippen LogP contribution is -2.22. The maximum Gasteiger partial charge on any atom is 0.249 e. The number of carbonyl (C=O) groups excluding carboxylic acids is 1. The smallest absolute Gasteiger partial charge is 0.249 e. The van der Waals surface area contributed by atoms with Gasteiger partial charge in [0.25, 0.3) is 0 Å². The van der Waals surface area contributed by atoms with Gasteiger partial charge >= 0.3 is 0 Å². The Bertz CT molecular complexity index is 509. The van der Waals surface area contributed by atoms with Crippen LogP contribution in [-0.4, -0.2) is 27.4 Å². The number of rotatable bonds is 6. The van der Waals surface area contributed by atoms with E-state index in [0.29, 0.717) is 12.1 Å².